The van der Waals surface area contributed by atoms with E-state index in [1.807, 2.05) is 0 Å². The first-order valence-electron chi connectivity index (χ1n) is 6.15. The van der Waals surface area contributed by atoms with E-state index in [9.17, 15) is 18.0 Å². The molecule has 0 N–H and O–H groups in total. The smallest absolute Gasteiger partial charge is 0.442 e. The number of carbonyl (C=O) groups is 1. The van der Waals surface area contributed by atoms with Gasteiger partial charge < -0.3 is 4.74 Å². The summed E-state index contributed by atoms with van der Waals surface area (Å²) in [6.45, 7) is 2.03. The molecule has 20 heavy (non-hydrogen) atoms. The van der Waals surface area contributed by atoms with Gasteiger partial charge in [0.15, 0.2) is 0 Å². The van der Waals surface area contributed by atoms with Crippen molar-refractivity contribution in [3.8, 4) is 0 Å². The summed E-state index contributed by atoms with van der Waals surface area (Å²) in [6, 6.07) is 5.78. The fourth-order valence-corrected chi connectivity index (χ4v) is 1.83. The van der Waals surface area contributed by atoms with E-state index in [0.717, 1.165) is 5.56 Å². The fraction of sp³-hybridized carbons (Fsp3) is 0.462. The lowest BCUT2D eigenvalue weighted by atomic mass is 10.00. The predicted molar refractivity (Wildman–Crippen MR) is 64.0 cm³/mol. The molecular weight excluding hydrogens is 273 g/mol. The molecule has 0 saturated heterocycles. The van der Waals surface area contributed by atoms with E-state index < -0.39 is 11.8 Å². The lowest BCUT2D eigenvalue weighted by Crippen LogP contribution is -2.30. The highest BCUT2D eigenvalue weighted by Gasteiger charge is 2.65. The molecule has 0 radical (unpaired) electrons. The molecule has 1 heterocycles. The van der Waals surface area contributed by atoms with Gasteiger partial charge in [0.1, 0.15) is 0 Å². The van der Waals surface area contributed by atoms with E-state index in [-0.39, 0.29) is 18.0 Å². The first kappa shape index (κ1) is 14.5. The van der Waals surface area contributed by atoms with Crippen molar-refractivity contribution in [1.82, 2.24) is 0 Å². The van der Waals surface area contributed by atoms with Crippen LogP contribution in [-0.4, -0.2) is 18.8 Å². The van der Waals surface area contributed by atoms with E-state index in [1.54, 1.807) is 19.1 Å². The number of halogens is 3. The number of carbonyl (C=O) groups excluding carboxylic acids is 1. The summed E-state index contributed by atoms with van der Waals surface area (Å²) in [7, 11) is 0. The summed E-state index contributed by atoms with van der Waals surface area (Å²) in [5.74, 6) is -0.324. The molecule has 0 unspecified atom stereocenters. The topological polar surface area (TPSA) is 51.0 Å². The zero-order valence-corrected chi connectivity index (χ0v) is 10.8. The SMILES string of the molecule is CCOC(=O)CCc1ccc(C2(C(F)(F)F)N=N2)cc1. The van der Waals surface area contributed by atoms with Crippen molar-refractivity contribution in [2.45, 2.75) is 31.6 Å². The van der Waals surface area contributed by atoms with Gasteiger partial charge in [0, 0.05) is 12.0 Å². The van der Waals surface area contributed by atoms with Crippen LogP contribution in [0.1, 0.15) is 24.5 Å². The Balaban J connectivity index is 1.99. The van der Waals surface area contributed by atoms with Crippen molar-refractivity contribution in [1.29, 1.82) is 0 Å². The van der Waals surface area contributed by atoms with Crippen molar-refractivity contribution in [3.05, 3.63) is 35.4 Å². The van der Waals surface area contributed by atoms with Gasteiger partial charge in [0.05, 0.1) is 6.61 Å². The third-order valence-electron chi connectivity index (χ3n) is 2.97. The predicted octanol–water partition coefficient (Wildman–Crippen LogP) is 3.36. The molecule has 0 amide bonds. The average molecular weight is 286 g/mol. The van der Waals surface area contributed by atoms with Gasteiger partial charge >= 0.3 is 17.8 Å². The molecule has 108 valence electrons. The molecular formula is C13H13F3N2O2. The van der Waals surface area contributed by atoms with Crippen LogP contribution in [0, 0.1) is 0 Å². The molecule has 0 saturated carbocycles. The number of ether oxygens (including phenoxy) is 1. The highest BCUT2D eigenvalue weighted by molar-refractivity contribution is 5.69. The largest absolute Gasteiger partial charge is 0.466 e. The van der Waals surface area contributed by atoms with Crippen molar-refractivity contribution in [2.24, 2.45) is 10.2 Å². The van der Waals surface area contributed by atoms with Crippen LogP contribution < -0.4 is 0 Å². The van der Waals surface area contributed by atoms with E-state index in [0.29, 0.717) is 13.0 Å². The van der Waals surface area contributed by atoms with E-state index in [1.165, 1.54) is 12.1 Å². The number of alkyl halides is 3. The van der Waals surface area contributed by atoms with Gasteiger partial charge in [-0.25, -0.2) is 0 Å². The number of hydrogen-bond donors (Lipinski definition) is 0. The number of aryl methyl sites for hydroxylation is 1. The second-order valence-electron chi connectivity index (χ2n) is 4.37. The lowest BCUT2D eigenvalue weighted by Gasteiger charge is -2.14. The zero-order chi connectivity index (χ0) is 14.8. The summed E-state index contributed by atoms with van der Waals surface area (Å²) in [5, 5.41) is 6.26. The minimum Gasteiger partial charge on any atom is -0.466 e. The molecule has 1 aromatic carbocycles. The molecule has 0 spiro atoms. The Hall–Kier alpha value is -1.92. The first-order chi connectivity index (χ1) is 9.39. The number of nitrogens with zero attached hydrogens (tertiary/aromatic N) is 2. The maximum Gasteiger partial charge on any atom is 0.442 e. The van der Waals surface area contributed by atoms with Crippen LogP contribution in [0.2, 0.25) is 0 Å². The maximum atomic E-state index is 12.8. The summed E-state index contributed by atoms with van der Waals surface area (Å²) < 4.78 is 43.1. The van der Waals surface area contributed by atoms with E-state index in [2.05, 4.69) is 10.2 Å². The van der Waals surface area contributed by atoms with Gasteiger partial charge in [-0.05, 0) is 18.9 Å². The van der Waals surface area contributed by atoms with Crippen LogP contribution >= 0.6 is 0 Å². The Bertz CT molecular complexity index is 517. The first-order valence-corrected chi connectivity index (χ1v) is 6.15. The van der Waals surface area contributed by atoms with Crippen LogP contribution in [0.3, 0.4) is 0 Å². The molecule has 0 fully saturated rings. The van der Waals surface area contributed by atoms with Crippen LogP contribution in [0.15, 0.2) is 34.5 Å². The maximum absolute atomic E-state index is 12.8. The van der Waals surface area contributed by atoms with Crippen LogP contribution in [0.25, 0.3) is 0 Å². The Labute approximate surface area is 113 Å². The minimum atomic E-state index is -4.51. The van der Waals surface area contributed by atoms with Gasteiger partial charge in [-0.15, -0.1) is 10.2 Å². The molecule has 0 bridgehead atoms. The van der Waals surface area contributed by atoms with Gasteiger partial charge in [-0.3, -0.25) is 4.79 Å². The molecule has 2 rings (SSSR count). The summed E-state index contributed by atoms with van der Waals surface area (Å²) in [4.78, 5) is 11.2. The minimum absolute atomic E-state index is 0.00937. The van der Waals surface area contributed by atoms with Crippen molar-refractivity contribution < 1.29 is 22.7 Å². The summed E-state index contributed by atoms with van der Waals surface area (Å²) in [6.07, 6.45) is -3.89. The van der Waals surface area contributed by atoms with Gasteiger partial charge in [-0.2, -0.15) is 13.2 Å². The number of rotatable bonds is 5. The molecule has 0 atom stereocenters. The molecule has 1 aromatic rings. The van der Waals surface area contributed by atoms with Gasteiger partial charge in [0.25, 0.3) is 0 Å². The van der Waals surface area contributed by atoms with Crippen molar-refractivity contribution in [2.75, 3.05) is 6.61 Å². The normalized spacial score (nSPS) is 16.0. The van der Waals surface area contributed by atoms with E-state index >= 15 is 0 Å². The van der Waals surface area contributed by atoms with Gasteiger partial charge in [0.2, 0.25) is 0 Å². The summed E-state index contributed by atoms with van der Waals surface area (Å²) >= 11 is 0. The lowest BCUT2D eigenvalue weighted by molar-refractivity contribution is -0.166. The fourth-order valence-electron chi connectivity index (χ4n) is 1.83. The molecule has 0 aromatic heterocycles. The quantitative estimate of drug-likeness (QED) is 0.779. The second kappa shape index (κ2) is 5.22. The number of benzene rings is 1. The highest BCUT2D eigenvalue weighted by atomic mass is 19.4. The standard InChI is InChI=1S/C13H13F3N2O2/c1-2-20-11(19)8-5-9-3-6-10(7-4-9)12(17-18-12)13(14,15)16/h3-4,6-7H,2,5,8H2,1H3. The number of hydrogen-bond acceptors (Lipinski definition) is 4. The molecule has 1 aliphatic heterocycles. The van der Waals surface area contributed by atoms with Crippen LogP contribution in [0.4, 0.5) is 13.2 Å². The molecule has 4 nitrogen and oxygen atoms in total. The zero-order valence-electron chi connectivity index (χ0n) is 10.8. The Kier molecular flexibility index (Phi) is 3.78. The van der Waals surface area contributed by atoms with Crippen molar-refractivity contribution in [3.63, 3.8) is 0 Å². The molecule has 0 aliphatic carbocycles. The monoisotopic (exact) mass is 286 g/mol. The van der Waals surface area contributed by atoms with E-state index in [4.69, 9.17) is 4.74 Å². The van der Waals surface area contributed by atoms with Crippen molar-refractivity contribution >= 4 is 5.97 Å². The Morgan fingerprint density at radius 1 is 1.25 bits per heavy atom. The molecule has 7 heteroatoms. The third kappa shape index (κ3) is 2.81. The Morgan fingerprint density at radius 2 is 1.85 bits per heavy atom. The van der Waals surface area contributed by atoms with Crippen LogP contribution in [0.5, 0.6) is 0 Å². The highest BCUT2D eigenvalue weighted by Crippen LogP contribution is 2.52. The summed E-state index contributed by atoms with van der Waals surface area (Å²) in [5.41, 5.74) is -1.63. The Morgan fingerprint density at radius 3 is 2.30 bits per heavy atom. The molecule has 1 aliphatic rings. The third-order valence-corrected chi connectivity index (χ3v) is 2.97. The number of esters is 1. The van der Waals surface area contributed by atoms with Gasteiger partial charge in [-0.1, -0.05) is 24.3 Å². The average Bonchev–Trinajstić information content (AvgIpc) is 3.18. The second-order valence-corrected chi connectivity index (χ2v) is 4.37. The van der Waals surface area contributed by atoms with Crippen LogP contribution in [-0.2, 0) is 21.6 Å².